The van der Waals surface area contributed by atoms with Gasteiger partial charge in [0.1, 0.15) is 12.6 Å². The van der Waals surface area contributed by atoms with Crippen molar-refractivity contribution in [1.29, 1.82) is 0 Å². The quantitative estimate of drug-likeness (QED) is 0.176. The molecule has 1 N–H and O–H groups in total. The van der Waals surface area contributed by atoms with Gasteiger partial charge in [0.25, 0.3) is 10.0 Å². The predicted molar refractivity (Wildman–Crippen MR) is 184 cm³/mol. The Morgan fingerprint density at radius 3 is 1.96 bits per heavy atom. The van der Waals surface area contributed by atoms with Gasteiger partial charge in [-0.05, 0) is 66.8 Å². The molecular weight excluding hydrogens is 614 g/mol. The van der Waals surface area contributed by atoms with Crippen LogP contribution in [0.2, 0.25) is 0 Å². The third-order valence-corrected chi connectivity index (χ3v) is 9.50. The van der Waals surface area contributed by atoms with Crippen LogP contribution in [0.25, 0.3) is 0 Å². The maximum atomic E-state index is 14.6. The van der Waals surface area contributed by atoms with E-state index in [0.29, 0.717) is 18.0 Å². The second-order valence-electron chi connectivity index (χ2n) is 11.4. The second kappa shape index (κ2) is 16.1. The van der Waals surface area contributed by atoms with Crippen molar-refractivity contribution >= 4 is 27.5 Å². The van der Waals surface area contributed by atoms with E-state index in [4.69, 9.17) is 9.47 Å². The van der Waals surface area contributed by atoms with Crippen molar-refractivity contribution in [3.63, 3.8) is 0 Å². The topological polar surface area (TPSA) is 105 Å². The zero-order chi connectivity index (χ0) is 34.0. The van der Waals surface area contributed by atoms with Crippen molar-refractivity contribution in [3.8, 4) is 11.5 Å². The zero-order valence-corrected chi connectivity index (χ0v) is 28.4. The van der Waals surface area contributed by atoms with Crippen LogP contribution in [0.3, 0.4) is 0 Å². The van der Waals surface area contributed by atoms with Gasteiger partial charge in [0.05, 0.1) is 24.8 Å². The lowest BCUT2D eigenvalue weighted by atomic mass is 10.0. The molecule has 0 heterocycles. The Labute approximate surface area is 278 Å². The van der Waals surface area contributed by atoms with Crippen LogP contribution in [0, 0.1) is 13.8 Å². The molecule has 0 bridgehead atoms. The van der Waals surface area contributed by atoms with Gasteiger partial charge >= 0.3 is 0 Å². The molecule has 0 unspecified atom stereocenters. The lowest BCUT2D eigenvalue weighted by Gasteiger charge is -2.34. The third kappa shape index (κ3) is 8.92. The van der Waals surface area contributed by atoms with E-state index in [1.165, 1.54) is 37.3 Å². The van der Waals surface area contributed by atoms with Crippen molar-refractivity contribution in [2.45, 2.75) is 51.1 Å². The number of aryl methyl sites for hydroxylation is 2. The van der Waals surface area contributed by atoms with Gasteiger partial charge in [-0.15, -0.1) is 0 Å². The van der Waals surface area contributed by atoms with Crippen LogP contribution in [0.1, 0.15) is 35.6 Å². The number of benzene rings is 4. The molecule has 10 heteroatoms. The maximum Gasteiger partial charge on any atom is 0.264 e. The molecule has 248 valence electrons. The number of carbonyl (C=O) groups excluding carboxylic acids is 2. The lowest BCUT2D eigenvalue weighted by Crippen LogP contribution is -2.53. The zero-order valence-electron chi connectivity index (χ0n) is 27.6. The minimum absolute atomic E-state index is 0.0711. The normalized spacial score (nSPS) is 11.8. The van der Waals surface area contributed by atoms with Crippen molar-refractivity contribution in [1.82, 2.24) is 10.2 Å². The number of amides is 2. The van der Waals surface area contributed by atoms with Crippen LogP contribution in [-0.4, -0.2) is 58.5 Å². The molecule has 0 saturated heterocycles. The Kier molecular flexibility index (Phi) is 12.0. The summed E-state index contributed by atoms with van der Waals surface area (Å²) in [5.41, 5.74) is 3.69. The monoisotopic (exact) mass is 657 g/mol. The minimum atomic E-state index is -4.32. The van der Waals surface area contributed by atoms with Crippen LogP contribution in [0.4, 0.5) is 5.69 Å². The van der Waals surface area contributed by atoms with Crippen molar-refractivity contribution in [2.24, 2.45) is 0 Å². The van der Waals surface area contributed by atoms with Crippen molar-refractivity contribution in [2.75, 3.05) is 31.6 Å². The van der Waals surface area contributed by atoms with Gasteiger partial charge < -0.3 is 19.7 Å². The van der Waals surface area contributed by atoms with E-state index in [0.717, 1.165) is 33.0 Å². The number of sulfonamides is 1. The first-order valence-corrected chi connectivity index (χ1v) is 17.0. The molecule has 0 spiro atoms. The number of rotatable bonds is 15. The lowest BCUT2D eigenvalue weighted by molar-refractivity contribution is -0.140. The molecule has 47 heavy (non-hydrogen) atoms. The largest absolute Gasteiger partial charge is 0.493 e. The Bertz CT molecular complexity index is 1740. The van der Waals surface area contributed by atoms with Crippen molar-refractivity contribution < 1.29 is 27.5 Å². The highest BCUT2D eigenvalue weighted by molar-refractivity contribution is 7.92. The van der Waals surface area contributed by atoms with Crippen LogP contribution in [0.15, 0.2) is 102 Å². The predicted octanol–water partition coefficient (Wildman–Crippen LogP) is 5.68. The Hall–Kier alpha value is -4.83. The number of nitrogens with one attached hydrogen (secondary N) is 1. The first-order chi connectivity index (χ1) is 22.6. The van der Waals surface area contributed by atoms with Gasteiger partial charge in [-0.25, -0.2) is 8.42 Å². The van der Waals surface area contributed by atoms with Crippen LogP contribution in [-0.2, 0) is 32.6 Å². The summed E-state index contributed by atoms with van der Waals surface area (Å²) in [6, 6.07) is 27.7. The molecule has 0 aromatic heterocycles. The van der Waals surface area contributed by atoms with E-state index in [1.54, 1.807) is 12.1 Å². The smallest absolute Gasteiger partial charge is 0.264 e. The van der Waals surface area contributed by atoms with Gasteiger partial charge in [0, 0.05) is 25.6 Å². The summed E-state index contributed by atoms with van der Waals surface area (Å²) < 4.78 is 40.7. The Balaban J connectivity index is 1.83. The Morgan fingerprint density at radius 1 is 0.787 bits per heavy atom. The molecule has 4 rings (SSSR count). The average Bonchev–Trinajstić information content (AvgIpc) is 3.07. The fourth-order valence-electron chi connectivity index (χ4n) is 5.43. The van der Waals surface area contributed by atoms with E-state index < -0.39 is 28.5 Å². The molecule has 4 aromatic rings. The molecule has 0 saturated carbocycles. The number of hydrogen-bond donors (Lipinski definition) is 1. The fraction of sp³-hybridized carbons (Fsp3) is 0.297. The minimum Gasteiger partial charge on any atom is -0.493 e. The SMILES string of the molecule is CCCNC(=O)[C@H](Cc1ccccc1)N(Cc1ccccc1)C(=O)CN(c1cc(C)cc(C)c1)S(=O)(=O)c1ccc(OC)c(OC)c1. The van der Waals surface area contributed by atoms with Gasteiger partial charge in [-0.1, -0.05) is 73.7 Å². The molecule has 2 amide bonds. The number of anilines is 1. The summed E-state index contributed by atoms with van der Waals surface area (Å²) in [4.78, 5) is 29.8. The number of nitrogens with zero attached hydrogens (tertiary/aromatic N) is 2. The molecule has 0 aliphatic heterocycles. The van der Waals surface area contributed by atoms with Gasteiger partial charge in [0.2, 0.25) is 11.8 Å². The van der Waals surface area contributed by atoms with Crippen LogP contribution in [0.5, 0.6) is 11.5 Å². The summed E-state index contributed by atoms with van der Waals surface area (Å²) in [6.07, 6.45) is 0.974. The number of methoxy groups -OCH3 is 2. The number of ether oxygens (including phenoxy) is 2. The van der Waals surface area contributed by atoms with Gasteiger partial charge in [-0.2, -0.15) is 0 Å². The highest BCUT2D eigenvalue weighted by Gasteiger charge is 2.35. The molecule has 1 atom stereocenters. The third-order valence-electron chi connectivity index (χ3n) is 7.73. The number of carbonyl (C=O) groups is 2. The molecule has 0 fully saturated rings. The fourth-order valence-corrected chi connectivity index (χ4v) is 6.84. The molecule has 0 aliphatic carbocycles. The highest BCUT2D eigenvalue weighted by Crippen LogP contribution is 2.33. The van der Waals surface area contributed by atoms with E-state index in [1.807, 2.05) is 87.5 Å². The van der Waals surface area contributed by atoms with Crippen LogP contribution >= 0.6 is 0 Å². The summed E-state index contributed by atoms with van der Waals surface area (Å²) in [7, 11) is -1.42. The summed E-state index contributed by atoms with van der Waals surface area (Å²) >= 11 is 0. The maximum absolute atomic E-state index is 14.6. The standard InChI is InChI=1S/C37H43N3O6S/c1-6-19-38-37(42)33(23-29-13-9-7-10-14-29)39(25-30-15-11-8-12-16-30)36(41)26-40(31-21-27(2)20-28(3)22-31)47(43,44)32-17-18-34(45-4)35(24-32)46-5/h7-18,20-22,24,33H,6,19,23,25-26H2,1-5H3,(H,38,42)/t33-/m0/s1. The van der Waals surface area contributed by atoms with Crippen LogP contribution < -0.4 is 19.1 Å². The van der Waals surface area contributed by atoms with E-state index in [2.05, 4.69) is 5.32 Å². The first kappa shape index (κ1) is 35.0. The summed E-state index contributed by atoms with van der Waals surface area (Å²) in [5.74, 6) is -0.219. The van der Waals surface area contributed by atoms with E-state index >= 15 is 0 Å². The molecule has 0 aliphatic rings. The summed E-state index contributed by atoms with van der Waals surface area (Å²) in [5, 5.41) is 2.96. The molecule has 9 nitrogen and oxygen atoms in total. The number of hydrogen-bond acceptors (Lipinski definition) is 6. The first-order valence-electron chi connectivity index (χ1n) is 15.6. The van der Waals surface area contributed by atoms with Crippen molar-refractivity contribution in [3.05, 3.63) is 119 Å². The van der Waals surface area contributed by atoms with Gasteiger partial charge in [-0.3, -0.25) is 13.9 Å². The highest BCUT2D eigenvalue weighted by atomic mass is 32.2. The second-order valence-corrected chi connectivity index (χ2v) is 13.2. The average molecular weight is 658 g/mol. The molecule has 0 radical (unpaired) electrons. The van der Waals surface area contributed by atoms with Gasteiger partial charge in [0.15, 0.2) is 11.5 Å². The molecular formula is C37H43N3O6S. The molecule has 4 aromatic carbocycles. The Morgan fingerprint density at radius 2 is 1.38 bits per heavy atom. The summed E-state index contributed by atoms with van der Waals surface area (Å²) in [6.45, 7) is 5.71. The van der Waals surface area contributed by atoms with E-state index in [9.17, 15) is 18.0 Å². The van der Waals surface area contributed by atoms with E-state index in [-0.39, 0.29) is 29.5 Å².